The van der Waals surface area contributed by atoms with Crippen LogP contribution in [0.5, 0.6) is 17.2 Å². The van der Waals surface area contributed by atoms with Crippen molar-refractivity contribution in [3.8, 4) is 17.2 Å². The maximum atomic E-state index is 13.2. The SMILES string of the molecule is COc1ccc(C2C3=C(Cc4n[nH]c(C)c42)CC(C)(C)CC3=O)cc1.CSc1ccccc1C1C2=C(Cc3n[nH]c(C)c31)CC(C)(C)CC2=O.Cc1[nH]nc2c1C(c1ccc3c(c1)OCO3)C1=C(C2)CC(C)(C)CC1=O.Cc1cccc(C2C3=C(Cc4n[nH]c(C)c42)CC(C)(C)CC3=O)c1.Cc1ccccc1C1C2=C(Cc3n[nH]c(C)c31)CC(C)(C)CC2=O.Cc1ccccc1[C@@H]1C2=C(Cc3n[nH]c(C)c31)CC(C)(C)CC2=O. The van der Waals surface area contributed by atoms with Gasteiger partial charge < -0.3 is 14.2 Å². The van der Waals surface area contributed by atoms with Crippen molar-refractivity contribution >= 4 is 46.5 Å². The van der Waals surface area contributed by atoms with Crippen molar-refractivity contribution in [1.82, 2.24) is 61.2 Å². The van der Waals surface area contributed by atoms with E-state index in [4.69, 9.17) is 14.2 Å². The molecule has 766 valence electrons. The van der Waals surface area contributed by atoms with Gasteiger partial charge in [-0.15, -0.1) is 11.8 Å². The van der Waals surface area contributed by atoms with E-state index in [9.17, 15) is 28.8 Å². The van der Waals surface area contributed by atoms with E-state index < -0.39 is 0 Å². The van der Waals surface area contributed by atoms with E-state index in [-0.39, 0.29) is 80.6 Å². The second-order valence-corrected chi connectivity index (χ2v) is 49.8. The molecule has 0 fully saturated rings. The Balaban J connectivity index is 0.000000108. The highest BCUT2D eigenvalue weighted by atomic mass is 32.2. The Kier molecular flexibility index (Phi) is 26.9. The summed E-state index contributed by atoms with van der Waals surface area (Å²) in [7, 11) is 1.67. The molecule has 7 heterocycles. The first-order chi connectivity index (χ1) is 70.3. The monoisotopic (exact) mass is 2000 g/mol. The summed E-state index contributed by atoms with van der Waals surface area (Å²) >= 11 is 1.75. The number of Topliss-reactive ketones (excluding diaryl/α,β-unsaturated/α-hetero) is 6. The summed E-state index contributed by atoms with van der Waals surface area (Å²) in [5.41, 5.74) is 45.1. The first-order valence-electron chi connectivity index (χ1n) is 52.9. The van der Waals surface area contributed by atoms with Crippen LogP contribution in [0.3, 0.4) is 0 Å². The maximum Gasteiger partial charge on any atom is 0.231 e. The van der Waals surface area contributed by atoms with Gasteiger partial charge in [-0.05, 0) is 214 Å². The molecule has 6 N–H and O–H groups in total. The molecule has 6 atom stereocenters. The molecule has 6 aromatic carbocycles. The topological polar surface area (TPSA) is 302 Å². The fraction of sp³-hybridized carbons (Fsp3) is 0.429. The Labute approximate surface area is 874 Å². The number of ether oxygens (including phenoxy) is 3. The van der Waals surface area contributed by atoms with Crippen molar-refractivity contribution in [1.29, 1.82) is 0 Å². The van der Waals surface area contributed by atoms with Gasteiger partial charge in [-0.25, -0.2) is 0 Å². The van der Waals surface area contributed by atoms with Crippen LogP contribution in [0.2, 0.25) is 0 Å². The second-order valence-electron chi connectivity index (χ2n) is 48.9. The summed E-state index contributed by atoms with van der Waals surface area (Å²) in [5.74, 6) is 4.20. The van der Waals surface area contributed by atoms with Crippen LogP contribution in [0.4, 0.5) is 0 Å². The van der Waals surface area contributed by atoms with Crippen LogP contribution in [0, 0.1) is 94.8 Å². The molecule has 148 heavy (non-hydrogen) atoms. The summed E-state index contributed by atoms with van der Waals surface area (Å²) in [6.45, 7) is 45.3. The molecule has 22 heteroatoms. The minimum Gasteiger partial charge on any atom is -0.497 e. The summed E-state index contributed by atoms with van der Waals surface area (Å²) in [6.07, 6.45) is 16.5. The zero-order valence-electron chi connectivity index (χ0n) is 90.4. The smallest absolute Gasteiger partial charge is 0.231 e. The number of rotatable bonds is 8. The van der Waals surface area contributed by atoms with Crippen LogP contribution in [-0.2, 0) is 67.3 Å². The van der Waals surface area contributed by atoms with E-state index >= 15 is 0 Å². The van der Waals surface area contributed by atoms with E-state index in [1.807, 2.05) is 38.1 Å². The van der Waals surface area contributed by atoms with Crippen LogP contribution in [-0.4, -0.2) is 116 Å². The first-order valence-corrected chi connectivity index (χ1v) is 54.1. The van der Waals surface area contributed by atoms with Gasteiger partial charge in [0.1, 0.15) is 5.75 Å². The summed E-state index contributed by atoms with van der Waals surface area (Å²) < 4.78 is 16.3. The van der Waals surface area contributed by atoms with E-state index in [1.54, 1.807) is 18.9 Å². The summed E-state index contributed by atoms with van der Waals surface area (Å²) in [6, 6.07) is 48.0. The number of aryl methyl sites for hydroxylation is 9. The number of aromatic amines is 6. The number of benzene rings is 6. The Morgan fingerprint density at radius 2 is 0.561 bits per heavy atom. The highest BCUT2D eigenvalue weighted by Crippen LogP contribution is 2.59. The second kappa shape index (κ2) is 39.1. The lowest BCUT2D eigenvalue weighted by Gasteiger charge is -2.38. The van der Waals surface area contributed by atoms with Crippen molar-refractivity contribution in [3.63, 3.8) is 0 Å². The van der Waals surface area contributed by atoms with Crippen LogP contribution < -0.4 is 14.2 Å². The number of H-pyrrole nitrogens is 6. The van der Waals surface area contributed by atoms with E-state index in [0.29, 0.717) is 67.4 Å². The van der Waals surface area contributed by atoms with Crippen LogP contribution in [0.25, 0.3) is 0 Å². The normalized spacial score (nSPS) is 22.3. The highest BCUT2D eigenvalue weighted by molar-refractivity contribution is 7.98. The average molecular weight is 2000 g/mol. The number of hydrogen-bond donors (Lipinski definition) is 6. The van der Waals surface area contributed by atoms with Gasteiger partial charge in [0.15, 0.2) is 46.2 Å². The number of allylic oxidation sites excluding steroid dienone is 12. The van der Waals surface area contributed by atoms with Gasteiger partial charge in [-0.1, -0.05) is 231 Å². The lowest BCUT2D eigenvalue weighted by molar-refractivity contribution is -0.119. The predicted octanol–water partition coefficient (Wildman–Crippen LogP) is 25.9. The highest BCUT2D eigenvalue weighted by Gasteiger charge is 2.51. The molecule has 12 aliphatic carbocycles. The van der Waals surface area contributed by atoms with Crippen LogP contribution in [0.1, 0.15) is 347 Å². The number of thioether (sulfide) groups is 1. The van der Waals surface area contributed by atoms with Crippen molar-refractivity contribution < 1.29 is 43.0 Å². The number of nitrogens with one attached hydrogen (secondary N) is 6. The third kappa shape index (κ3) is 19.4. The minimum absolute atomic E-state index is 0.0121. The standard InChI is InChI=1S/C21H22N2O3.C21H24N2O2.C21H24N2OS.3C21H24N2O/c1-11-18-14(23-22-11)6-13-8-21(2,3)9-15(24)19(13)20(18)12-4-5-16-17(7-12)26-10-25-16;1-12-18-16(23-22-12)9-14-10-21(2,3)11-17(24)19(14)20(18)13-5-7-15(25-4)8-6-13;1-12-18-15(23-22-12)9-13-10-21(2,3)11-16(24)19(13)20(18)14-7-5-6-8-17(14)25-4;1-12-6-5-7-14(8-12)20-18-13(2)22-23-16(18)9-15-10-21(3,4)11-17(24)19(15)20;2*1-12-7-5-6-8-15(12)20-18-13(2)22-23-16(18)9-14-10-21(3,4)11-17(24)19(14)20/h4-5,7,20H,6,8-10H2,1-3H3,(H,22,23);2*5-8,20H,9-11H2,1-4H3,(H,22,23);3*5-8,20H,9-11H2,1-4H3,(H,22,23)/t;;;;20-;/m....0./s1. The van der Waals surface area contributed by atoms with Gasteiger partial charge in [0, 0.05) is 218 Å². The molecule has 1 aliphatic heterocycles. The van der Waals surface area contributed by atoms with Gasteiger partial charge in [0.05, 0.1) is 41.3 Å². The lowest BCUT2D eigenvalue weighted by atomic mass is 9.64. The molecule has 0 radical (unpaired) electrons. The molecule has 0 saturated carbocycles. The van der Waals surface area contributed by atoms with Crippen LogP contribution >= 0.6 is 11.8 Å². The van der Waals surface area contributed by atoms with Crippen molar-refractivity contribution in [2.75, 3.05) is 20.2 Å². The first kappa shape index (κ1) is 102. The van der Waals surface area contributed by atoms with E-state index in [2.05, 4.69) is 314 Å². The quantitative estimate of drug-likeness (QED) is 0.0770. The van der Waals surface area contributed by atoms with Crippen molar-refractivity contribution in [2.45, 2.75) is 301 Å². The van der Waals surface area contributed by atoms with Gasteiger partial charge in [0.2, 0.25) is 6.79 Å². The molecule has 12 aromatic rings. The van der Waals surface area contributed by atoms with E-state index in [1.165, 1.54) is 105 Å². The minimum atomic E-state index is -0.0781. The Hall–Kier alpha value is -13.2. The van der Waals surface area contributed by atoms with Gasteiger partial charge in [-0.3, -0.25) is 59.4 Å². The third-order valence-corrected chi connectivity index (χ3v) is 34.1. The number of aromatic nitrogens is 12. The number of ketones is 6. The molecule has 0 saturated heterocycles. The molecule has 13 aliphatic rings. The lowest BCUT2D eigenvalue weighted by Crippen LogP contribution is -2.32. The van der Waals surface area contributed by atoms with Crippen LogP contribution in [0.15, 0.2) is 211 Å². The van der Waals surface area contributed by atoms with Crippen molar-refractivity contribution in [2.24, 2.45) is 32.5 Å². The molecule has 6 aromatic heterocycles. The average Bonchev–Trinajstić information content (AvgIpc) is 1.42. The Morgan fingerprint density at radius 1 is 0.291 bits per heavy atom. The maximum absolute atomic E-state index is 13.2. The molecule has 0 spiro atoms. The molecular weight excluding hydrogens is 1860 g/mol. The zero-order chi connectivity index (χ0) is 105. The predicted molar refractivity (Wildman–Crippen MR) is 581 cm³/mol. The number of nitrogens with zero attached hydrogens (tertiary/aromatic N) is 6. The molecule has 21 nitrogen and oxygen atoms in total. The Morgan fingerprint density at radius 3 is 0.872 bits per heavy atom. The van der Waals surface area contributed by atoms with Gasteiger partial charge >= 0.3 is 0 Å². The number of carbonyl (C=O) groups is 6. The zero-order valence-corrected chi connectivity index (χ0v) is 91.3. The fourth-order valence-electron chi connectivity index (χ4n) is 27.4. The molecular formula is C126H142N12O9S. The third-order valence-electron chi connectivity index (χ3n) is 33.3. The number of methoxy groups -OCH3 is 1. The molecule has 0 amide bonds. The number of hydrogen-bond acceptors (Lipinski definition) is 16. The summed E-state index contributed by atoms with van der Waals surface area (Å²) in [5, 5.41) is 46.2. The fourth-order valence-corrected chi connectivity index (χ4v) is 28.1. The summed E-state index contributed by atoms with van der Waals surface area (Å²) in [4.78, 5) is 79.9. The molecule has 25 rings (SSSR count). The van der Waals surface area contributed by atoms with Crippen molar-refractivity contribution in [3.05, 3.63) is 358 Å². The molecule has 0 bridgehead atoms. The molecule has 5 unspecified atom stereocenters. The Bertz CT molecular complexity index is 7500. The number of carbonyl (C=O) groups excluding carboxylic acids is 6. The van der Waals surface area contributed by atoms with Gasteiger partial charge in [-0.2, -0.15) is 30.6 Å². The largest absolute Gasteiger partial charge is 0.497 e. The number of fused-ring (bicyclic) bond motifs is 7. The van der Waals surface area contributed by atoms with E-state index in [0.717, 1.165) is 213 Å². The van der Waals surface area contributed by atoms with Gasteiger partial charge in [0.25, 0.3) is 0 Å².